The fourth-order valence-electron chi connectivity index (χ4n) is 2.53. The van der Waals surface area contributed by atoms with Crippen molar-refractivity contribution in [3.05, 3.63) is 0 Å². The first-order valence-electron chi connectivity index (χ1n) is 6.74. The lowest BCUT2D eigenvalue weighted by Crippen LogP contribution is -2.35. The largest absolute Gasteiger partial charge is 0.328 e. The number of nitrogens with one attached hydrogen (secondary N) is 1. The summed E-state index contributed by atoms with van der Waals surface area (Å²) in [5.74, 6) is 0. The Kier molecular flexibility index (Phi) is 6.26. The number of hydrogen-bond donors (Lipinski definition) is 2. The molecule has 2 nitrogen and oxygen atoms in total. The predicted octanol–water partition coefficient (Wildman–Crippen LogP) is 2.81. The first-order chi connectivity index (χ1) is 7.22. The van der Waals surface area contributed by atoms with E-state index in [1.54, 1.807) is 0 Å². The third-order valence-electron chi connectivity index (χ3n) is 3.48. The second kappa shape index (κ2) is 7.24. The molecule has 1 aliphatic rings. The SMILES string of the molecule is CCCCCCC(C)NC1CCC(N)C1. The van der Waals surface area contributed by atoms with Crippen LogP contribution in [0.25, 0.3) is 0 Å². The molecule has 0 amide bonds. The van der Waals surface area contributed by atoms with E-state index in [0.29, 0.717) is 18.1 Å². The average Bonchev–Trinajstić information content (AvgIpc) is 2.59. The summed E-state index contributed by atoms with van der Waals surface area (Å²) in [5.41, 5.74) is 5.90. The van der Waals surface area contributed by atoms with Crippen LogP contribution < -0.4 is 11.1 Å². The van der Waals surface area contributed by atoms with Crippen LogP contribution in [-0.4, -0.2) is 18.1 Å². The fraction of sp³-hybridized carbons (Fsp3) is 1.00. The Hall–Kier alpha value is -0.0800. The summed E-state index contributed by atoms with van der Waals surface area (Å²) < 4.78 is 0. The molecule has 0 saturated heterocycles. The summed E-state index contributed by atoms with van der Waals surface area (Å²) in [6.07, 6.45) is 10.5. The average molecular weight is 212 g/mol. The lowest BCUT2D eigenvalue weighted by atomic mass is 10.1. The number of unbranched alkanes of at least 4 members (excludes halogenated alkanes) is 3. The van der Waals surface area contributed by atoms with E-state index in [2.05, 4.69) is 19.2 Å². The smallest absolute Gasteiger partial charge is 0.00848 e. The second-order valence-corrected chi connectivity index (χ2v) is 5.19. The highest BCUT2D eigenvalue weighted by atomic mass is 15.0. The Labute approximate surface area is 95.0 Å². The Morgan fingerprint density at radius 1 is 1.27 bits per heavy atom. The first kappa shape index (κ1) is 13.0. The molecule has 0 heterocycles. The maximum Gasteiger partial charge on any atom is 0.00848 e. The predicted molar refractivity (Wildman–Crippen MR) is 67.0 cm³/mol. The van der Waals surface area contributed by atoms with Crippen LogP contribution in [0.5, 0.6) is 0 Å². The lowest BCUT2D eigenvalue weighted by Gasteiger charge is -2.19. The quantitative estimate of drug-likeness (QED) is 0.637. The minimum atomic E-state index is 0.454. The highest BCUT2D eigenvalue weighted by molar-refractivity contribution is 4.84. The van der Waals surface area contributed by atoms with E-state index in [1.807, 2.05) is 0 Å². The zero-order chi connectivity index (χ0) is 11.1. The van der Waals surface area contributed by atoms with Crippen molar-refractivity contribution < 1.29 is 0 Å². The molecule has 3 atom stereocenters. The third-order valence-corrected chi connectivity index (χ3v) is 3.48. The minimum Gasteiger partial charge on any atom is -0.328 e. The zero-order valence-corrected chi connectivity index (χ0v) is 10.5. The van der Waals surface area contributed by atoms with Crippen LogP contribution in [0.15, 0.2) is 0 Å². The van der Waals surface area contributed by atoms with E-state index in [1.165, 1.54) is 51.4 Å². The van der Waals surface area contributed by atoms with E-state index in [-0.39, 0.29) is 0 Å². The van der Waals surface area contributed by atoms with E-state index < -0.39 is 0 Å². The molecule has 2 heteroatoms. The topological polar surface area (TPSA) is 38.0 Å². The van der Waals surface area contributed by atoms with E-state index >= 15 is 0 Å². The molecule has 1 saturated carbocycles. The molecule has 0 bridgehead atoms. The Morgan fingerprint density at radius 2 is 2.07 bits per heavy atom. The summed E-state index contributed by atoms with van der Waals surface area (Å²) in [4.78, 5) is 0. The highest BCUT2D eigenvalue weighted by Gasteiger charge is 2.22. The summed E-state index contributed by atoms with van der Waals surface area (Å²) in [7, 11) is 0. The molecule has 1 aliphatic carbocycles. The summed E-state index contributed by atoms with van der Waals surface area (Å²) >= 11 is 0. The van der Waals surface area contributed by atoms with Gasteiger partial charge in [0.05, 0.1) is 0 Å². The van der Waals surface area contributed by atoms with Gasteiger partial charge in [-0.1, -0.05) is 32.6 Å². The Bertz CT molecular complexity index is 159. The van der Waals surface area contributed by atoms with Crippen molar-refractivity contribution in [3.8, 4) is 0 Å². The molecule has 3 N–H and O–H groups in total. The van der Waals surface area contributed by atoms with Crippen LogP contribution in [0, 0.1) is 0 Å². The normalized spacial score (nSPS) is 28.2. The molecule has 0 radical (unpaired) electrons. The van der Waals surface area contributed by atoms with Crippen molar-refractivity contribution in [2.24, 2.45) is 5.73 Å². The minimum absolute atomic E-state index is 0.454. The van der Waals surface area contributed by atoms with Gasteiger partial charge in [-0.2, -0.15) is 0 Å². The molecule has 0 aromatic rings. The van der Waals surface area contributed by atoms with Gasteiger partial charge in [0.15, 0.2) is 0 Å². The molecular weight excluding hydrogens is 184 g/mol. The number of rotatable bonds is 7. The standard InChI is InChI=1S/C13H28N2/c1-3-4-5-6-7-11(2)15-13-9-8-12(14)10-13/h11-13,15H,3-10,14H2,1-2H3. The van der Waals surface area contributed by atoms with Gasteiger partial charge in [-0.25, -0.2) is 0 Å². The van der Waals surface area contributed by atoms with Gasteiger partial charge in [-0.05, 0) is 32.6 Å². The summed E-state index contributed by atoms with van der Waals surface area (Å²) in [6.45, 7) is 4.58. The van der Waals surface area contributed by atoms with Crippen LogP contribution in [0.2, 0.25) is 0 Å². The molecule has 15 heavy (non-hydrogen) atoms. The van der Waals surface area contributed by atoms with Crippen LogP contribution in [0.4, 0.5) is 0 Å². The van der Waals surface area contributed by atoms with Gasteiger partial charge in [-0.3, -0.25) is 0 Å². The van der Waals surface area contributed by atoms with Crippen molar-refractivity contribution in [2.75, 3.05) is 0 Å². The molecule has 0 spiro atoms. The van der Waals surface area contributed by atoms with E-state index in [4.69, 9.17) is 5.73 Å². The molecule has 0 aromatic carbocycles. The van der Waals surface area contributed by atoms with Crippen molar-refractivity contribution in [3.63, 3.8) is 0 Å². The Morgan fingerprint density at radius 3 is 2.67 bits per heavy atom. The van der Waals surface area contributed by atoms with Crippen molar-refractivity contribution >= 4 is 0 Å². The van der Waals surface area contributed by atoms with Crippen LogP contribution in [-0.2, 0) is 0 Å². The first-order valence-corrected chi connectivity index (χ1v) is 6.74. The molecule has 1 fully saturated rings. The summed E-state index contributed by atoms with van der Waals surface area (Å²) in [5, 5.41) is 3.71. The van der Waals surface area contributed by atoms with E-state index in [9.17, 15) is 0 Å². The molecular formula is C13H28N2. The Balaban J connectivity index is 2.00. The van der Waals surface area contributed by atoms with Crippen molar-refractivity contribution in [1.29, 1.82) is 0 Å². The van der Waals surface area contributed by atoms with Crippen molar-refractivity contribution in [1.82, 2.24) is 5.32 Å². The van der Waals surface area contributed by atoms with Gasteiger partial charge in [-0.15, -0.1) is 0 Å². The molecule has 0 aliphatic heterocycles. The van der Waals surface area contributed by atoms with Gasteiger partial charge < -0.3 is 11.1 Å². The molecule has 0 aromatic heterocycles. The van der Waals surface area contributed by atoms with Gasteiger partial charge in [0.2, 0.25) is 0 Å². The molecule has 1 rings (SSSR count). The highest BCUT2D eigenvalue weighted by Crippen LogP contribution is 2.18. The van der Waals surface area contributed by atoms with Crippen LogP contribution in [0.3, 0.4) is 0 Å². The fourth-order valence-corrected chi connectivity index (χ4v) is 2.53. The second-order valence-electron chi connectivity index (χ2n) is 5.19. The van der Waals surface area contributed by atoms with Crippen LogP contribution >= 0.6 is 0 Å². The third kappa shape index (κ3) is 5.53. The lowest BCUT2D eigenvalue weighted by molar-refractivity contribution is 0.415. The molecule has 3 unspecified atom stereocenters. The molecule has 90 valence electrons. The maximum absolute atomic E-state index is 5.90. The van der Waals surface area contributed by atoms with Crippen LogP contribution in [0.1, 0.15) is 65.2 Å². The van der Waals surface area contributed by atoms with Gasteiger partial charge in [0.1, 0.15) is 0 Å². The maximum atomic E-state index is 5.90. The van der Waals surface area contributed by atoms with Gasteiger partial charge >= 0.3 is 0 Å². The zero-order valence-electron chi connectivity index (χ0n) is 10.5. The summed E-state index contributed by atoms with van der Waals surface area (Å²) in [6, 6.07) is 1.83. The van der Waals surface area contributed by atoms with Gasteiger partial charge in [0, 0.05) is 18.1 Å². The van der Waals surface area contributed by atoms with Crippen molar-refractivity contribution in [2.45, 2.75) is 83.3 Å². The van der Waals surface area contributed by atoms with Gasteiger partial charge in [0.25, 0.3) is 0 Å². The van der Waals surface area contributed by atoms with E-state index in [0.717, 1.165) is 0 Å². The monoisotopic (exact) mass is 212 g/mol. The number of hydrogen-bond acceptors (Lipinski definition) is 2. The number of nitrogens with two attached hydrogens (primary N) is 1.